The molecule has 0 saturated carbocycles. The van der Waals surface area contributed by atoms with Crippen LogP contribution in [-0.2, 0) is 22.4 Å². The van der Waals surface area contributed by atoms with Crippen LogP contribution in [0.25, 0.3) is 0 Å². The van der Waals surface area contributed by atoms with Gasteiger partial charge >= 0.3 is 6.03 Å². The molecule has 4 rings (SSSR count). The summed E-state index contributed by atoms with van der Waals surface area (Å²) in [4.78, 5) is 40.3. The number of amides is 4. The van der Waals surface area contributed by atoms with Gasteiger partial charge in [0.25, 0.3) is 5.91 Å². The minimum absolute atomic E-state index is 0.324. The van der Waals surface area contributed by atoms with Crippen molar-refractivity contribution in [1.82, 2.24) is 15.5 Å². The summed E-state index contributed by atoms with van der Waals surface area (Å²) in [5.74, 6) is -0.832. The lowest BCUT2D eigenvalue weighted by Crippen LogP contribution is -2.51. The molecule has 0 radical (unpaired) electrons. The minimum Gasteiger partial charge on any atom is -0.348 e. The molecule has 3 aromatic carbocycles. The predicted molar refractivity (Wildman–Crippen MR) is 131 cm³/mol. The summed E-state index contributed by atoms with van der Waals surface area (Å²) in [5.41, 5.74) is 1.51. The molecule has 0 aromatic heterocycles. The number of imide groups is 1. The second kappa shape index (κ2) is 10.1. The van der Waals surface area contributed by atoms with Gasteiger partial charge in [-0.3, -0.25) is 14.5 Å². The van der Waals surface area contributed by atoms with Crippen molar-refractivity contribution in [2.75, 3.05) is 6.54 Å². The van der Waals surface area contributed by atoms with Crippen molar-refractivity contribution in [1.29, 1.82) is 0 Å². The summed E-state index contributed by atoms with van der Waals surface area (Å²) in [6.07, 6.45) is 0.648. The van der Waals surface area contributed by atoms with E-state index in [4.69, 9.17) is 11.6 Å². The van der Waals surface area contributed by atoms with Crippen LogP contribution >= 0.6 is 11.6 Å². The van der Waals surface area contributed by atoms with Crippen LogP contribution < -0.4 is 10.6 Å². The van der Waals surface area contributed by atoms with Crippen LogP contribution in [0.3, 0.4) is 0 Å². The van der Waals surface area contributed by atoms with Crippen LogP contribution in [0.5, 0.6) is 0 Å². The number of carbonyl (C=O) groups is 3. The second-order valence-electron chi connectivity index (χ2n) is 8.57. The van der Waals surface area contributed by atoms with Crippen molar-refractivity contribution >= 4 is 29.4 Å². The quantitative estimate of drug-likeness (QED) is 0.477. The summed E-state index contributed by atoms with van der Waals surface area (Å²) in [5, 5.41) is 6.32. The lowest BCUT2D eigenvalue weighted by Gasteiger charge is -2.27. The highest BCUT2D eigenvalue weighted by Crippen LogP contribution is 2.27. The van der Waals surface area contributed by atoms with Gasteiger partial charge in [0.05, 0.1) is 6.04 Å². The highest BCUT2D eigenvalue weighted by Gasteiger charge is 2.51. The normalized spacial score (nSPS) is 15.6. The molecule has 3 aromatic rings. The summed E-state index contributed by atoms with van der Waals surface area (Å²) in [6, 6.07) is 25.4. The Labute approximate surface area is 203 Å². The predicted octanol–water partition coefficient (Wildman–Crippen LogP) is 4.29. The van der Waals surface area contributed by atoms with E-state index >= 15 is 0 Å². The van der Waals surface area contributed by atoms with Gasteiger partial charge in [0.15, 0.2) is 0 Å². The SMILES string of the molecule is C[C@H](NC(=O)CN1C(=O)NC(Cc2ccccc2)(Cc2ccccc2)C1=O)c1cccc(Cl)c1. The number of nitrogens with one attached hydrogen (secondary N) is 2. The Morgan fingerprint density at radius 3 is 2.09 bits per heavy atom. The Morgan fingerprint density at radius 2 is 1.53 bits per heavy atom. The van der Waals surface area contributed by atoms with E-state index in [9.17, 15) is 14.4 Å². The van der Waals surface area contributed by atoms with Gasteiger partial charge in [-0.2, -0.15) is 0 Å². The number of halogens is 1. The highest BCUT2D eigenvalue weighted by atomic mass is 35.5. The Hall–Kier alpha value is -3.64. The molecule has 6 nitrogen and oxygen atoms in total. The zero-order valence-electron chi connectivity index (χ0n) is 18.8. The molecule has 7 heteroatoms. The van der Waals surface area contributed by atoms with Crippen molar-refractivity contribution in [2.45, 2.75) is 31.3 Å². The van der Waals surface area contributed by atoms with Gasteiger partial charge in [-0.15, -0.1) is 0 Å². The molecule has 0 unspecified atom stereocenters. The number of urea groups is 1. The zero-order valence-corrected chi connectivity index (χ0v) is 19.6. The number of rotatable bonds is 8. The third kappa shape index (κ3) is 5.29. The van der Waals surface area contributed by atoms with E-state index in [0.717, 1.165) is 21.6 Å². The molecule has 2 N–H and O–H groups in total. The second-order valence-corrected chi connectivity index (χ2v) is 9.01. The lowest BCUT2D eigenvalue weighted by atomic mass is 9.84. The van der Waals surface area contributed by atoms with Gasteiger partial charge in [-0.25, -0.2) is 4.79 Å². The maximum absolute atomic E-state index is 13.6. The fraction of sp³-hybridized carbons (Fsp3) is 0.222. The summed E-state index contributed by atoms with van der Waals surface area (Å²) >= 11 is 6.05. The fourth-order valence-corrected chi connectivity index (χ4v) is 4.50. The standard InChI is InChI=1S/C27H26ClN3O3/c1-19(22-13-8-14-23(28)15-22)29-24(32)18-31-25(33)27(30-26(31)34,16-20-9-4-2-5-10-20)17-21-11-6-3-7-12-21/h2-15,19H,16-18H2,1H3,(H,29,32)(H,30,34)/t19-/m0/s1. The van der Waals surface area contributed by atoms with Crippen LogP contribution in [0.4, 0.5) is 4.79 Å². The first-order valence-electron chi connectivity index (χ1n) is 11.1. The van der Waals surface area contributed by atoms with Crippen LogP contribution in [0.2, 0.25) is 5.02 Å². The third-order valence-electron chi connectivity index (χ3n) is 5.97. The zero-order chi connectivity index (χ0) is 24.1. The number of nitrogens with zero attached hydrogens (tertiary/aromatic N) is 1. The van der Waals surface area contributed by atoms with Crippen molar-refractivity contribution < 1.29 is 14.4 Å². The van der Waals surface area contributed by atoms with Crippen molar-refractivity contribution in [2.24, 2.45) is 0 Å². The van der Waals surface area contributed by atoms with Crippen LogP contribution in [-0.4, -0.2) is 34.8 Å². The maximum atomic E-state index is 13.6. The van der Waals surface area contributed by atoms with E-state index < -0.39 is 23.4 Å². The Kier molecular flexibility index (Phi) is 6.98. The fourth-order valence-electron chi connectivity index (χ4n) is 4.30. The summed E-state index contributed by atoms with van der Waals surface area (Å²) in [7, 11) is 0. The van der Waals surface area contributed by atoms with Crippen LogP contribution in [0.15, 0.2) is 84.9 Å². The van der Waals surface area contributed by atoms with Crippen LogP contribution in [0.1, 0.15) is 29.7 Å². The smallest absolute Gasteiger partial charge is 0.325 e. The number of benzene rings is 3. The molecule has 1 atom stereocenters. The minimum atomic E-state index is -1.17. The molecule has 0 bridgehead atoms. The van der Waals surface area contributed by atoms with E-state index in [1.807, 2.05) is 73.7 Å². The van der Waals surface area contributed by atoms with Crippen molar-refractivity contribution in [3.05, 3.63) is 107 Å². The number of hydrogen-bond donors (Lipinski definition) is 2. The van der Waals surface area contributed by atoms with E-state index in [2.05, 4.69) is 10.6 Å². The molecular formula is C27H26ClN3O3. The molecule has 1 aliphatic rings. The van der Waals surface area contributed by atoms with Crippen molar-refractivity contribution in [3.8, 4) is 0 Å². The van der Waals surface area contributed by atoms with E-state index in [0.29, 0.717) is 17.9 Å². The average Bonchev–Trinajstić information content (AvgIpc) is 3.04. The Morgan fingerprint density at radius 1 is 0.941 bits per heavy atom. The van der Waals surface area contributed by atoms with Gasteiger partial charge in [0.2, 0.25) is 5.91 Å². The molecule has 1 heterocycles. The maximum Gasteiger partial charge on any atom is 0.325 e. The molecule has 1 fully saturated rings. The number of hydrogen-bond acceptors (Lipinski definition) is 3. The molecule has 174 valence electrons. The molecule has 0 aliphatic carbocycles. The van der Waals surface area contributed by atoms with Crippen molar-refractivity contribution in [3.63, 3.8) is 0 Å². The van der Waals surface area contributed by atoms with Gasteiger partial charge in [-0.05, 0) is 35.7 Å². The first-order chi connectivity index (χ1) is 16.4. The molecular weight excluding hydrogens is 450 g/mol. The van der Waals surface area contributed by atoms with E-state index in [1.54, 1.807) is 18.2 Å². The topological polar surface area (TPSA) is 78.5 Å². The third-order valence-corrected chi connectivity index (χ3v) is 6.21. The summed E-state index contributed by atoms with van der Waals surface area (Å²) < 4.78 is 0. The number of carbonyl (C=O) groups excluding carboxylic acids is 3. The van der Waals surface area contributed by atoms with E-state index in [-0.39, 0.29) is 12.6 Å². The molecule has 34 heavy (non-hydrogen) atoms. The molecule has 4 amide bonds. The lowest BCUT2D eigenvalue weighted by molar-refractivity contribution is -0.135. The first kappa shape index (κ1) is 23.5. The van der Waals surface area contributed by atoms with E-state index in [1.165, 1.54) is 0 Å². The molecule has 1 aliphatic heterocycles. The first-order valence-corrected chi connectivity index (χ1v) is 11.5. The molecule has 1 saturated heterocycles. The monoisotopic (exact) mass is 475 g/mol. The Balaban J connectivity index is 1.53. The largest absolute Gasteiger partial charge is 0.348 e. The van der Waals surface area contributed by atoms with Gasteiger partial charge < -0.3 is 10.6 Å². The van der Waals surface area contributed by atoms with Gasteiger partial charge in [0.1, 0.15) is 12.1 Å². The average molecular weight is 476 g/mol. The van der Waals surface area contributed by atoms with Crippen LogP contribution in [0, 0.1) is 0 Å². The Bertz CT molecular complexity index is 1140. The van der Waals surface area contributed by atoms with Gasteiger partial charge in [0, 0.05) is 17.9 Å². The van der Waals surface area contributed by atoms with Gasteiger partial charge in [-0.1, -0.05) is 84.4 Å². The highest BCUT2D eigenvalue weighted by molar-refractivity contribution is 6.30. The summed E-state index contributed by atoms with van der Waals surface area (Å²) in [6.45, 7) is 1.46. The molecule has 0 spiro atoms.